The van der Waals surface area contributed by atoms with E-state index in [1.165, 1.54) is 0 Å². The predicted molar refractivity (Wildman–Crippen MR) is 102 cm³/mol. The lowest BCUT2D eigenvalue weighted by Gasteiger charge is -2.39. The number of piperidine rings is 1. The summed E-state index contributed by atoms with van der Waals surface area (Å²) in [4.78, 5) is 27.2. The van der Waals surface area contributed by atoms with Gasteiger partial charge >= 0.3 is 0 Å². The first-order valence-electron chi connectivity index (χ1n) is 9.68. The van der Waals surface area contributed by atoms with Crippen molar-refractivity contribution in [3.63, 3.8) is 0 Å². The highest BCUT2D eigenvalue weighted by Crippen LogP contribution is 2.39. The number of carbonyl (C=O) groups excluding carboxylic acids is 2. The molecule has 27 heavy (non-hydrogen) atoms. The van der Waals surface area contributed by atoms with E-state index < -0.39 is 0 Å². The van der Waals surface area contributed by atoms with Gasteiger partial charge in [0.1, 0.15) is 0 Å². The van der Waals surface area contributed by atoms with Crippen LogP contribution in [0.4, 0.5) is 0 Å². The fourth-order valence-electron chi connectivity index (χ4n) is 4.22. The molecule has 1 aromatic heterocycles. The van der Waals surface area contributed by atoms with Gasteiger partial charge in [0.15, 0.2) is 0 Å². The van der Waals surface area contributed by atoms with Crippen LogP contribution in [0.15, 0.2) is 42.7 Å². The van der Waals surface area contributed by atoms with E-state index in [4.69, 9.17) is 0 Å². The Morgan fingerprint density at radius 2 is 1.93 bits per heavy atom. The van der Waals surface area contributed by atoms with Crippen molar-refractivity contribution in [1.29, 1.82) is 0 Å². The lowest BCUT2D eigenvalue weighted by Crippen LogP contribution is -2.52. The molecule has 2 saturated heterocycles. The topological polar surface area (TPSA) is 67.2 Å². The third-order valence-corrected chi connectivity index (χ3v) is 5.89. The average Bonchev–Trinajstić information content (AvgIpc) is 3.28. The number of aromatic nitrogens is 2. The number of nitrogens with zero attached hydrogens (tertiary/aromatic N) is 3. The van der Waals surface area contributed by atoms with Crippen LogP contribution in [0.1, 0.15) is 61.0 Å². The second kappa shape index (κ2) is 6.83. The van der Waals surface area contributed by atoms with Crippen molar-refractivity contribution < 1.29 is 9.59 Å². The standard InChI is InChI=1S/C21H26N4O2/c1-15(2)25-14-17(13-22-25)20(27)24-10-8-21(9-11-24)12-18(19(26)23-21)16-6-4-3-5-7-16/h3-7,13-15,18H,8-12H2,1-2H3,(H,23,26)/t18-/m1/s1. The maximum Gasteiger partial charge on any atom is 0.257 e. The molecule has 0 unspecified atom stereocenters. The molecule has 142 valence electrons. The summed E-state index contributed by atoms with van der Waals surface area (Å²) in [6.07, 6.45) is 5.87. The Kier molecular flexibility index (Phi) is 4.50. The SMILES string of the molecule is CC(C)n1cc(C(=O)N2CCC3(CC2)C[C@H](c2ccccc2)C(=O)N3)cn1. The van der Waals surface area contributed by atoms with Crippen molar-refractivity contribution in [1.82, 2.24) is 20.0 Å². The lowest BCUT2D eigenvalue weighted by atomic mass is 9.82. The monoisotopic (exact) mass is 366 g/mol. The fraction of sp³-hybridized carbons (Fsp3) is 0.476. The van der Waals surface area contributed by atoms with Crippen LogP contribution in [0.3, 0.4) is 0 Å². The maximum absolute atomic E-state index is 12.8. The highest BCUT2D eigenvalue weighted by atomic mass is 16.2. The van der Waals surface area contributed by atoms with Gasteiger partial charge in [0.2, 0.25) is 5.91 Å². The third kappa shape index (κ3) is 3.36. The summed E-state index contributed by atoms with van der Waals surface area (Å²) in [7, 11) is 0. The van der Waals surface area contributed by atoms with E-state index in [0.29, 0.717) is 18.7 Å². The zero-order valence-corrected chi connectivity index (χ0v) is 15.9. The van der Waals surface area contributed by atoms with Crippen molar-refractivity contribution in [2.24, 2.45) is 0 Å². The molecule has 6 heteroatoms. The Hall–Kier alpha value is -2.63. The molecule has 1 atom stereocenters. The minimum Gasteiger partial charge on any atom is -0.350 e. The minimum atomic E-state index is -0.184. The first kappa shape index (κ1) is 17.8. The number of benzene rings is 1. The second-order valence-corrected chi connectivity index (χ2v) is 8.03. The maximum atomic E-state index is 12.8. The number of hydrogen-bond donors (Lipinski definition) is 1. The molecule has 1 aromatic carbocycles. The summed E-state index contributed by atoms with van der Waals surface area (Å²) in [5.41, 5.74) is 1.53. The molecular weight excluding hydrogens is 340 g/mol. The highest BCUT2D eigenvalue weighted by Gasteiger charge is 2.46. The van der Waals surface area contributed by atoms with Gasteiger partial charge < -0.3 is 10.2 Å². The molecular formula is C21H26N4O2. The third-order valence-electron chi connectivity index (χ3n) is 5.89. The molecule has 2 aliphatic rings. The number of rotatable bonds is 3. The summed E-state index contributed by atoms with van der Waals surface area (Å²) in [5.74, 6) is 0.0533. The van der Waals surface area contributed by atoms with Gasteiger partial charge in [0.05, 0.1) is 17.7 Å². The number of amides is 2. The summed E-state index contributed by atoms with van der Waals surface area (Å²) in [6, 6.07) is 10.2. The van der Waals surface area contributed by atoms with Gasteiger partial charge in [-0.15, -0.1) is 0 Å². The Labute approximate surface area is 159 Å². The van der Waals surface area contributed by atoms with Crippen LogP contribution in [-0.4, -0.2) is 45.1 Å². The second-order valence-electron chi connectivity index (χ2n) is 8.03. The fourth-order valence-corrected chi connectivity index (χ4v) is 4.22. The first-order valence-corrected chi connectivity index (χ1v) is 9.68. The van der Waals surface area contributed by atoms with Crippen molar-refractivity contribution in [2.45, 2.75) is 50.6 Å². The molecule has 0 radical (unpaired) electrons. The van der Waals surface area contributed by atoms with Crippen LogP contribution < -0.4 is 5.32 Å². The molecule has 4 rings (SSSR count). The van der Waals surface area contributed by atoms with Crippen LogP contribution in [0.25, 0.3) is 0 Å². The van der Waals surface area contributed by atoms with Gasteiger partial charge in [-0.3, -0.25) is 14.3 Å². The van der Waals surface area contributed by atoms with Gasteiger partial charge in [-0.1, -0.05) is 30.3 Å². The molecule has 0 saturated carbocycles. The summed E-state index contributed by atoms with van der Waals surface area (Å²) < 4.78 is 1.81. The molecule has 2 aliphatic heterocycles. The average molecular weight is 366 g/mol. The molecule has 2 amide bonds. The first-order chi connectivity index (χ1) is 13.0. The molecule has 1 N–H and O–H groups in total. The number of hydrogen-bond acceptors (Lipinski definition) is 3. The Balaban J connectivity index is 1.41. The van der Waals surface area contributed by atoms with Gasteiger partial charge in [0.25, 0.3) is 5.91 Å². The molecule has 3 heterocycles. The quantitative estimate of drug-likeness (QED) is 0.908. The predicted octanol–water partition coefficient (Wildman–Crippen LogP) is 2.74. The van der Waals surface area contributed by atoms with Crippen LogP contribution in [0.5, 0.6) is 0 Å². The van der Waals surface area contributed by atoms with E-state index >= 15 is 0 Å². The number of carbonyl (C=O) groups is 2. The number of nitrogens with one attached hydrogen (secondary N) is 1. The van der Waals surface area contributed by atoms with Gasteiger partial charge in [0, 0.05) is 30.9 Å². The van der Waals surface area contributed by atoms with Gasteiger partial charge in [-0.25, -0.2) is 0 Å². The van der Waals surface area contributed by atoms with Gasteiger partial charge in [-0.2, -0.15) is 5.10 Å². The lowest BCUT2D eigenvalue weighted by molar-refractivity contribution is -0.121. The van der Waals surface area contributed by atoms with Crippen molar-refractivity contribution >= 4 is 11.8 Å². The van der Waals surface area contributed by atoms with Crippen molar-refractivity contribution in [2.75, 3.05) is 13.1 Å². The summed E-state index contributed by atoms with van der Waals surface area (Å²) >= 11 is 0. The summed E-state index contributed by atoms with van der Waals surface area (Å²) in [5, 5.41) is 7.51. The molecule has 6 nitrogen and oxygen atoms in total. The largest absolute Gasteiger partial charge is 0.350 e. The van der Waals surface area contributed by atoms with E-state index in [-0.39, 0.29) is 29.3 Å². The van der Waals surface area contributed by atoms with Crippen LogP contribution >= 0.6 is 0 Å². The smallest absolute Gasteiger partial charge is 0.257 e. The van der Waals surface area contributed by atoms with Crippen molar-refractivity contribution in [3.05, 3.63) is 53.9 Å². The minimum absolute atomic E-state index is 0.0284. The van der Waals surface area contributed by atoms with E-state index in [9.17, 15) is 9.59 Å². The van der Waals surface area contributed by atoms with Crippen molar-refractivity contribution in [3.8, 4) is 0 Å². The normalized spacial score (nSPS) is 21.7. The molecule has 0 aliphatic carbocycles. The van der Waals surface area contributed by atoms with E-state index in [1.54, 1.807) is 10.9 Å². The summed E-state index contributed by atoms with van der Waals surface area (Å²) in [6.45, 7) is 5.40. The zero-order chi connectivity index (χ0) is 19.0. The van der Waals surface area contributed by atoms with Crippen LogP contribution in [0, 0.1) is 0 Å². The Morgan fingerprint density at radius 1 is 1.22 bits per heavy atom. The molecule has 2 aromatic rings. The Bertz CT molecular complexity index is 835. The molecule has 1 spiro atoms. The van der Waals surface area contributed by atoms with E-state index in [1.807, 2.05) is 55.3 Å². The van der Waals surface area contributed by atoms with Gasteiger partial charge in [-0.05, 0) is 38.7 Å². The van der Waals surface area contributed by atoms with E-state index in [2.05, 4.69) is 10.4 Å². The Morgan fingerprint density at radius 3 is 2.56 bits per heavy atom. The highest BCUT2D eigenvalue weighted by molar-refractivity contribution is 5.94. The molecule has 0 bridgehead atoms. The zero-order valence-electron chi connectivity index (χ0n) is 15.9. The van der Waals surface area contributed by atoms with E-state index in [0.717, 1.165) is 24.8 Å². The van der Waals surface area contributed by atoms with Crippen LogP contribution in [-0.2, 0) is 4.79 Å². The molecule has 2 fully saturated rings. The number of likely N-dealkylation sites (tertiary alicyclic amines) is 1. The van der Waals surface area contributed by atoms with Crippen LogP contribution in [0.2, 0.25) is 0 Å².